The first-order valence-electron chi connectivity index (χ1n) is 6.18. The van der Waals surface area contributed by atoms with Crippen LogP contribution in [0.5, 0.6) is 5.75 Å². The molecule has 0 bridgehead atoms. The minimum atomic E-state index is -0.336. The Hall–Kier alpha value is -2.15. The van der Waals surface area contributed by atoms with Crippen LogP contribution in [0.4, 0.5) is 0 Å². The van der Waals surface area contributed by atoms with E-state index in [1.54, 1.807) is 35.3 Å². The number of hydrogen-bond donors (Lipinski definition) is 1. The summed E-state index contributed by atoms with van der Waals surface area (Å²) in [5, 5.41) is 8.04. The number of methoxy groups -OCH3 is 1. The van der Waals surface area contributed by atoms with E-state index in [0.717, 1.165) is 15.7 Å². The Morgan fingerprint density at radius 2 is 2.29 bits per heavy atom. The second-order valence-electron chi connectivity index (χ2n) is 4.35. The van der Waals surface area contributed by atoms with E-state index in [4.69, 9.17) is 4.74 Å². The van der Waals surface area contributed by atoms with Crippen molar-refractivity contribution in [3.8, 4) is 5.75 Å². The van der Waals surface area contributed by atoms with Crippen LogP contribution >= 0.6 is 15.9 Å². The van der Waals surface area contributed by atoms with Crippen molar-refractivity contribution in [3.63, 3.8) is 0 Å². The van der Waals surface area contributed by atoms with Gasteiger partial charge in [-0.3, -0.25) is 9.48 Å². The first-order valence-corrected chi connectivity index (χ1v) is 6.97. The van der Waals surface area contributed by atoms with Gasteiger partial charge in [-0.15, -0.1) is 0 Å². The predicted molar refractivity (Wildman–Crippen MR) is 83.7 cm³/mol. The number of ether oxygens (including phenoxy) is 1. The van der Waals surface area contributed by atoms with Crippen molar-refractivity contribution >= 4 is 28.1 Å². The quantitative estimate of drug-likeness (QED) is 0.679. The van der Waals surface area contributed by atoms with Crippen LogP contribution in [0.1, 0.15) is 21.6 Å². The molecule has 2 aromatic rings. The smallest absolute Gasteiger partial charge is 0.275 e. The van der Waals surface area contributed by atoms with E-state index in [-0.39, 0.29) is 5.91 Å². The Morgan fingerprint density at radius 1 is 1.52 bits per heavy atom. The van der Waals surface area contributed by atoms with Crippen molar-refractivity contribution in [2.75, 3.05) is 7.11 Å². The molecule has 0 unspecified atom stereocenters. The van der Waals surface area contributed by atoms with Gasteiger partial charge >= 0.3 is 0 Å². The molecule has 0 aliphatic heterocycles. The Kier molecular flexibility index (Phi) is 4.74. The second kappa shape index (κ2) is 6.53. The zero-order chi connectivity index (χ0) is 15.4. The number of halogens is 1. The molecule has 1 heterocycles. The minimum Gasteiger partial charge on any atom is -0.496 e. The van der Waals surface area contributed by atoms with Gasteiger partial charge in [0.05, 0.1) is 25.1 Å². The molecule has 1 N–H and O–H groups in total. The number of rotatable bonds is 4. The topological polar surface area (TPSA) is 68.5 Å². The second-order valence-corrected chi connectivity index (χ2v) is 5.27. The molecule has 1 amide bonds. The maximum atomic E-state index is 12.1. The molecule has 0 aliphatic carbocycles. The fourth-order valence-corrected chi connectivity index (χ4v) is 2.06. The molecule has 1 aromatic heterocycles. The number of nitrogens with one attached hydrogen (secondary N) is 1. The van der Waals surface area contributed by atoms with Gasteiger partial charge in [0.25, 0.3) is 5.91 Å². The van der Waals surface area contributed by atoms with Gasteiger partial charge in [-0.2, -0.15) is 10.2 Å². The molecule has 0 saturated heterocycles. The number of aromatic nitrogens is 2. The third-order valence-corrected chi connectivity index (χ3v) is 3.54. The average molecular weight is 351 g/mol. The highest BCUT2D eigenvalue weighted by Crippen LogP contribution is 2.23. The first-order chi connectivity index (χ1) is 10.0. The standard InChI is InChI=1S/C14H15BrN4O2/c1-9-10(8-17-19(9)2)7-16-18-14(20)12-5-4-11(15)6-13(12)21-3/h4-8H,1-3H3,(H,18,20)/b16-7-. The van der Waals surface area contributed by atoms with Gasteiger partial charge in [-0.05, 0) is 25.1 Å². The molecule has 1 aromatic carbocycles. The van der Waals surface area contributed by atoms with Gasteiger partial charge in [0, 0.05) is 22.8 Å². The number of carbonyl (C=O) groups is 1. The predicted octanol–water partition coefficient (Wildman–Crippen LogP) is 2.26. The number of benzene rings is 1. The average Bonchev–Trinajstić information content (AvgIpc) is 2.79. The highest BCUT2D eigenvalue weighted by Gasteiger charge is 2.11. The van der Waals surface area contributed by atoms with Gasteiger partial charge in [-0.1, -0.05) is 15.9 Å². The van der Waals surface area contributed by atoms with E-state index in [2.05, 4.69) is 31.6 Å². The minimum absolute atomic E-state index is 0.336. The van der Waals surface area contributed by atoms with Gasteiger partial charge in [-0.25, -0.2) is 5.43 Å². The van der Waals surface area contributed by atoms with E-state index in [1.165, 1.54) is 7.11 Å². The molecular weight excluding hydrogens is 336 g/mol. The summed E-state index contributed by atoms with van der Waals surface area (Å²) in [5.74, 6) is 0.145. The summed E-state index contributed by atoms with van der Waals surface area (Å²) < 4.78 is 7.75. The van der Waals surface area contributed by atoms with Crippen molar-refractivity contribution in [1.29, 1.82) is 0 Å². The normalized spacial score (nSPS) is 10.9. The Morgan fingerprint density at radius 3 is 2.90 bits per heavy atom. The molecular formula is C14H15BrN4O2. The van der Waals surface area contributed by atoms with Crippen molar-refractivity contribution in [2.45, 2.75) is 6.92 Å². The largest absolute Gasteiger partial charge is 0.496 e. The van der Waals surface area contributed by atoms with Crippen LogP contribution in [-0.2, 0) is 7.05 Å². The van der Waals surface area contributed by atoms with E-state index in [9.17, 15) is 4.79 Å². The van der Waals surface area contributed by atoms with Crippen molar-refractivity contribution in [1.82, 2.24) is 15.2 Å². The van der Waals surface area contributed by atoms with Gasteiger partial charge in [0.15, 0.2) is 0 Å². The lowest BCUT2D eigenvalue weighted by Gasteiger charge is -2.07. The van der Waals surface area contributed by atoms with Crippen LogP contribution in [0.3, 0.4) is 0 Å². The fourth-order valence-electron chi connectivity index (χ4n) is 1.72. The molecule has 0 radical (unpaired) electrons. The Bertz CT molecular complexity index is 694. The monoisotopic (exact) mass is 350 g/mol. The summed E-state index contributed by atoms with van der Waals surface area (Å²) in [6.07, 6.45) is 3.25. The van der Waals surface area contributed by atoms with Gasteiger partial charge < -0.3 is 4.74 Å². The zero-order valence-electron chi connectivity index (χ0n) is 11.9. The maximum Gasteiger partial charge on any atom is 0.275 e. The van der Waals surface area contributed by atoms with Crippen LogP contribution in [0.15, 0.2) is 34.0 Å². The van der Waals surface area contributed by atoms with Crippen molar-refractivity contribution < 1.29 is 9.53 Å². The van der Waals surface area contributed by atoms with Gasteiger partial charge in [0.1, 0.15) is 5.75 Å². The summed E-state index contributed by atoms with van der Waals surface area (Å²) in [6.45, 7) is 1.92. The Balaban J connectivity index is 2.10. The summed E-state index contributed by atoms with van der Waals surface area (Å²) in [7, 11) is 3.36. The summed E-state index contributed by atoms with van der Waals surface area (Å²) in [4.78, 5) is 12.1. The number of carbonyl (C=O) groups excluding carboxylic acids is 1. The van der Waals surface area contributed by atoms with Crippen LogP contribution in [0, 0.1) is 6.92 Å². The summed E-state index contributed by atoms with van der Waals surface area (Å²) in [5.41, 5.74) is 4.71. The number of hydrazone groups is 1. The summed E-state index contributed by atoms with van der Waals surface area (Å²) >= 11 is 3.33. The van der Waals surface area contributed by atoms with E-state index in [0.29, 0.717) is 11.3 Å². The van der Waals surface area contributed by atoms with Crippen LogP contribution in [0.2, 0.25) is 0 Å². The van der Waals surface area contributed by atoms with Crippen molar-refractivity contribution in [2.24, 2.45) is 12.1 Å². The lowest BCUT2D eigenvalue weighted by atomic mass is 10.2. The maximum absolute atomic E-state index is 12.1. The van der Waals surface area contributed by atoms with Crippen LogP contribution < -0.4 is 10.2 Å². The number of amides is 1. The molecule has 0 saturated carbocycles. The van der Waals surface area contributed by atoms with Crippen LogP contribution in [0.25, 0.3) is 0 Å². The molecule has 110 valence electrons. The number of aryl methyl sites for hydroxylation is 1. The SMILES string of the molecule is COc1cc(Br)ccc1C(=O)N/N=C\c1cnn(C)c1C. The summed E-state index contributed by atoms with van der Waals surface area (Å²) in [6, 6.07) is 5.17. The highest BCUT2D eigenvalue weighted by molar-refractivity contribution is 9.10. The van der Waals surface area contributed by atoms with E-state index < -0.39 is 0 Å². The molecule has 0 atom stereocenters. The first kappa shape index (κ1) is 15.2. The third-order valence-electron chi connectivity index (χ3n) is 3.05. The van der Waals surface area contributed by atoms with Crippen molar-refractivity contribution in [3.05, 3.63) is 45.7 Å². The molecule has 21 heavy (non-hydrogen) atoms. The lowest BCUT2D eigenvalue weighted by Crippen LogP contribution is -2.18. The van der Waals surface area contributed by atoms with E-state index >= 15 is 0 Å². The molecule has 2 rings (SSSR count). The fraction of sp³-hybridized carbons (Fsp3) is 0.214. The molecule has 0 spiro atoms. The van der Waals surface area contributed by atoms with E-state index in [1.807, 2.05) is 14.0 Å². The Labute approximate surface area is 130 Å². The number of nitrogens with zero attached hydrogens (tertiary/aromatic N) is 3. The third kappa shape index (κ3) is 3.49. The van der Waals surface area contributed by atoms with Gasteiger partial charge in [0.2, 0.25) is 0 Å². The lowest BCUT2D eigenvalue weighted by molar-refractivity contribution is 0.0952. The molecule has 0 fully saturated rings. The molecule has 6 nitrogen and oxygen atoms in total. The number of hydrogen-bond acceptors (Lipinski definition) is 4. The molecule has 7 heteroatoms. The molecule has 0 aliphatic rings. The van der Waals surface area contributed by atoms with Crippen LogP contribution in [-0.4, -0.2) is 29.0 Å². The highest BCUT2D eigenvalue weighted by atomic mass is 79.9. The zero-order valence-corrected chi connectivity index (χ0v) is 13.5.